The van der Waals surface area contributed by atoms with Crippen LogP contribution >= 0.6 is 0 Å². The molecular formula is C20H34O2. The van der Waals surface area contributed by atoms with E-state index in [4.69, 9.17) is 0 Å². The first-order chi connectivity index (χ1) is 10.7. The molecule has 2 aliphatic rings. The second-order valence-corrected chi connectivity index (χ2v) is 7.48. The van der Waals surface area contributed by atoms with Crippen molar-refractivity contribution >= 4 is 5.97 Å². The van der Waals surface area contributed by atoms with E-state index in [1.165, 1.54) is 77.7 Å². The molecule has 0 spiro atoms. The van der Waals surface area contributed by atoms with Gasteiger partial charge < -0.3 is 4.74 Å². The number of ether oxygens (including phenoxy) is 1. The summed E-state index contributed by atoms with van der Waals surface area (Å²) >= 11 is 0. The van der Waals surface area contributed by atoms with Gasteiger partial charge in [0, 0.05) is 6.08 Å². The minimum absolute atomic E-state index is 0.215. The van der Waals surface area contributed by atoms with Crippen LogP contribution < -0.4 is 0 Å². The van der Waals surface area contributed by atoms with Crippen LogP contribution in [0.5, 0.6) is 0 Å². The van der Waals surface area contributed by atoms with Crippen molar-refractivity contribution in [2.75, 3.05) is 7.11 Å². The highest BCUT2D eigenvalue weighted by Gasteiger charge is 2.30. The van der Waals surface area contributed by atoms with E-state index in [9.17, 15) is 4.79 Å². The molecule has 0 aliphatic heterocycles. The number of esters is 1. The van der Waals surface area contributed by atoms with E-state index >= 15 is 0 Å². The third kappa shape index (κ3) is 5.44. The molecule has 2 nitrogen and oxygen atoms in total. The van der Waals surface area contributed by atoms with Gasteiger partial charge in [0.15, 0.2) is 0 Å². The van der Waals surface area contributed by atoms with Gasteiger partial charge in [0.05, 0.1) is 7.11 Å². The Bertz CT molecular complexity index is 345. The Morgan fingerprint density at radius 2 is 1.59 bits per heavy atom. The molecule has 0 unspecified atom stereocenters. The van der Waals surface area contributed by atoms with Crippen LogP contribution in [0.15, 0.2) is 12.2 Å². The molecule has 0 aromatic rings. The van der Waals surface area contributed by atoms with E-state index in [1.807, 2.05) is 0 Å². The molecule has 22 heavy (non-hydrogen) atoms. The maximum atomic E-state index is 11.2. The molecular weight excluding hydrogens is 272 g/mol. The van der Waals surface area contributed by atoms with E-state index < -0.39 is 0 Å². The van der Waals surface area contributed by atoms with Gasteiger partial charge in [-0.3, -0.25) is 0 Å². The third-order valence-electron chi connectivity index (χ3n) is 6.05. The van der Waals surface area contributed by atoms with Crippen LogP contribution in [0, 0.1) is 23.7 Å². The van der Waals surface area contributed by atoms with Crippen LogP contribution in [0.4, 0.5) is 0 Å². The summed E-state index contributed by atoms with van der Waals surface area (Å²) in [6.45, 7) is 2.30. The van der Waals surface area contributed by atoms with Crippen molar-refractivity contribution < 1.29 is 9.53 Å². The Morgan fingerprint density at radius 3 is 2.14 bits per heavy atom. The van der Waals surface area contributed by atoms with Gasteiger partial charge in [-0.05, 0) is 62.2 Å². The quantitative estimate of drug-likeness (QED) is 0.477. The lowest BCUT2D eigenvalue weighted by molar-refractivity contribution is -0.134. The minimum Gasteiger partial charge on any atom is -0.466 e. The van der Waals surface area contributed by atoms with Gasteiger partial charge >= 0.3 is 5.97 Å². The van der Waals surface area contributed by atoms with Gasteiger partial charge in [-0.1, -0.05) is 45.1 Å². The van der Waals surface area contributed by atoms with Crippen molar-refractivity contribution in [3.63, 3.8) is 0 Å². The second kappa shape index (κ2) is 9.37. The smallest absolute Gasteiger partial charge is 0.330 e. The summed E-state index contributed by atoms with van der Waals surface area (Å²) in [5.74, 6) is 3.35. The Hall–Kier alpha value is -0.790. The number of carbonyl (C=O) groups excluding carboxylic acids is 1. The lowest BCUT2D eigenvalue weighted by atomic mass is 9.68. The Morgan fingerprint density at radius 1 is 1.00 bits per heavy atom. The lowest BCUT2D eigenvalue weighted by Crippen LogP contribution is -2.25. The summed E-state index contributed by atoms with van der Waals surface area (Å²) in [6, 6.07) is 0. The van der Waals surface area contributed by atoms with Gasteiger partial charge in [0.25, 0.3) is 0 Å². The first-order valence-electron chi connectivity index (χ1n) is 9.49. The van der Waals surface area contributed by atoms with Crippen LogP contribution in [-0.4, -0.2) is 13.1 Å². The number of allylic oxidation sites excluding steroid dienone is 1. The predicted molar refractivity (Wildman–Crippen MR) is 91.6 cm³/mol. The number of hydrogen-bond acceptors (Lipinski definition) is 2. The predicted octanol–water partition coefficient (Wildman–Crippen LogP) is 5.52. The molecule has 0 bridgehead atoms. The maximum absolute atomic E-state index is 11.2. The SMILES string of the molecule is CCCCC1CCC(C2CCC(/C=C/C(=O)OC)CC2)CC1. The highest BCUT2D eigenvalue weighted by atomic mass is 16.5. The molecule has 2 fully saturated rings. The average molecular weight is 306 g/mol. The van der Waals surface area contributed by atoms with Gasteiger partial charge in [0.1, 0.15) is 0 Å². The van der Waals surface area contributed by atoms with Crippen LogP contribution in [0.25, 0.3) is 0 Å². The monoisotopic (exact) mass is 306 g/mol. The second-order valence-electron chi connectivity index (χ2n) is 7.48. The molecule has 0 amide bonds. The van der Waals surface area contributed by atoms with E-state index in [2.05, 4.69) is 17.7 Å². The zero-order valence-electron chi connectivity index (χ0n) is 14.6. The van der Waals surface area contributed by atoms with E-state index in [0.717, 1.165) is 17.8 Å². The zero-order chi connectivity index (χ0) is 15.8. The topological polar surface area (TPSA) is 26.3 Å². The summed E-state index contributed by atoms with van der Waals surface area (Å²) in [6.07, 6.45) is 19.1. The summed E-state index contributed by atoms with van der Waals surface area (Å²) in [7, 11) is 1.44. The Kier molecular flexibility index (Phi) is 7.48. The van der Waals surface area contributed by atoms with Crippen molar-refractivity contribution in [1.82, 2.24) is 0 Å². The van der Waals surface area contributed by atoms with Gasteiger partial charge in [-0.15, -0.1) is 0 Å². The van der Waals surface area contributed by atoms with Gasteiger partial charge in [0.2, 0.25) is 0 Å². The van der Waals surface area contributed by atoms with Crippen molar-refractivity contribution in [3.05, 3.63) is 12.2 Å². The number of carbonyl (C=O) groups is 1. The fourth-order valence-corrected chi connectivity index (χ4v) is 4.53. The summed E-state index contributed by atoms with van der Waals surface area (Å²) in [5, 5.41) is 0. The molecule has 2 saturated carbocycles. The number of unbranched alkanes of at least 4 members (excludes halogenated alkanes) is 1. The molecule has 2 heteroatoms. The van der Waals surface area contributed by atoms with Crippen molar-refractivity contribution in [3.8, 4) is 0 Å². The Labute approximate surface area is 136 Å². The first-order valence-corrected chi connectivity index (χ1v) is 9.49. The van der Waals surface area contributed by atoms with E-state index in [0.29, 0.717) is 5.92 Å². The maximum Gasteiger partial charge on any atom is 0.330 e. The largest absolute Gasteiger partial charge is 0.466 e. The van der Waals surface area contributed by atoms with E-state index in [1.54, 1.807) is 6.08 Å². The standard InChI is InChI=1S/C20H34O2/c1-3-4-5-16-6-11-18(12-7-16)19-13-8-17(9-14-19)10-15-20(21)22-2/h10,15-19H,3-9,11-14H2,1-2H3/b15-10+. The zero-order valence-corrected chi connectivity index (χ0v) is 14.6. The molecule has 0 aromatic heterocycles. The van der Waals surface area contributed by atoms with Crippen LogP contribution in [0.2, 0.25) is 0 Å². The third-order valence-corrected chi connectivity index (χ3v) is 6.05. The molecule has 2 rings (SSSR count). The van der Waals surface area contributed by atoms with E-state index in [-0.39, 0.29) is 5.97 Å². The van der Waals surface area contributed by atoms with Crippen molar-refractivity contribution in [2.24, 2.45) is 23.7 Å². The summed E-state index contributed by atoms with van der Waals surface area (Å²) in [4.78, 5) is 11.2. The van der Waals surface area contributed by atoms with Crippen LogP contribution in [0.1, 0.15) is 77.6 Å². The normalized spacial score (nSPS) is 33.0. The number of methoxy groups -OCH3 is 1. The van der Waals surface area contributed by atoms with Crippen LogP contribution in [-0.2, 0) is 9.53 Å². The van der Waals surface area contributed by atoms with Gasteiger partial charge in [-0.25, -0.2) is 4.79 Å². The summed E-state index contributed by atoms with van der Waals surface area (Å²) in [5.41, 5.74) is 0. The molecule has 0 atom stereocenters. The molecule has 126 valence electrons. The Balaban J connectivity index is 1.67. The fourth-order valence-electron chi connectivity index (χ4n) is 4.53. The highest BCUT2D eigenvalue weighted by molar-refractivity contribution is 5.81. The average Bonchev–Trinajstić information content (AvgIpc) is 2.58. The molecule has 2 aliphatic carbocycles. The number of rotatable bonds is 6. The molecule has 0 aromatic carbocycles. The molecule has 0 N–H and O–H groups in total. The molecule has 0 saturated heterocycles. The lowest BCUT2D eigenvalue weighted by Gasteiger charge is -2.37. The first kappa shape index (κ1) is 17.6. The van der Waals surface area contributed by atoms with Crippen molar-refractivity contribution in [2.45, 2.75) is 77.6 Å². The van der Waals surface area contributed by atoms with Gasteiger partial charge in [-0.2, -0.15) is 0 Å². The molecule has 0 heterocycles. The summed E-state index contributed by atoms with van der Waals surface area (Å²) < 4.78 is 4.67. The van der Waals surface area contributed by atoms with Crippen molar-refractivity contribution in [1.29, 1.82) is 0 Å². The minimum atomic E-state index is -0.215. The molecule has 0 radical (unpaired) electrons. The number of hydrogen-bond donors (Lipinski definition) is 0. The highest BCUT2D eigenvalue weighted by Crippen LogP contribution is 2.42. The fraction of sp³-hybridized carbons (Fsp3) is 0.850. The van der Waals surface area contributed by atoms with Crippen LogP contribution in [0.3, 0.4) is 0 Å².